The Morgan fingerprint density at radius 2 is 1.91 bits per heavy atom. The van der Waals surface area contributed by atoms with E-state index in [9.17, 15) is 4.79 Å². The van der Waals surface area contributed by atoms with Crippen molar-refractivity contribution < 1.29 is 23.7 Å². The molecule has 10 heteroatoms. The molecule has 5 rings (SSSR count). The summed E-state index contributed by atoms with van der Waals surface area (Å²) in [6.07, 6.45) is 1.03. The van der Waals surface area contributed by atoms with Crippen molar-refractivity contribution in [3.63, 3.8) is 0 Å². The molecule has 3 heterocycles. The number of rotatable bonds is 5. The van der Waals surface area contributed by atoms with Crippen LogP contribution in [0.1, 0.15) is 12.8 Å². The van der Waals surface area contributed by atoms with E-state index < -0.39 is 6.10 Å². The van der Waals surface area contributed by atoms with Crippen molar-refractivity contribution in [2.45, 2.75) is 25.0 Å². The molecule has 178 valence electrons. The van der Waals surface area contributed by atoms with Crippen LogP contribution in [0.3, 0.4) is 0 Å². The molecule has 3 aromatic rings. The van der Waals surface area contributed by atoms with Crippen molar-refractivity contribution in [3.8, 4) is 23.0 Å². The van der Waals surface area contributed by atoms with Crippen molar-refractivity contribution in [1.29, 1.82) is 0 Å². The number of hydrogen-bond donors (Lipinski definition) is 2. The summed E-state index contributed by atoms with van der Waals surface area (Å²) in [7, 11) is 3.15. The van der Waals surface area contributed by atoms with Crippen LogP contribution >= 0.6 is 0 Å². The van der Waals surface area contributed by atoms with Gasteiger partial charge in [-0.05, 0) is 31.0 Å². The third-order valence-electron chi connectivity index (χ3n) is 6.07. The Balaban J connectivity index is 1.30. The minimum Gasteiger partial charge on any atom is -0.493 e. The van der Waals surface area contributed by atoms with Crippen LogP contribution in [0.5, 0.6) is 23.0 Å². The fourth-order valence-electron chi connectivity index (χ4n) is 4.33. The highest BCUT2D eigenvalue weighted by Crippen LogP contribution is 2.34. The number of anilines is 2. The van der Waals surface area contributed by atoms with Gasteiger partial charge in [-0.2, -0.15) is 4.98 Å². The standard InChI is InChI=1S/C24H27N5O5/c1-31-19-10-15-16(11-20(19)32-2)27-24(28-22(15)25)29-9-5-6-14(12-29)26-23(30)21-13-33-17-7-3-4-8-18(17)34-21/h3-4,7-8,10-11,14,21H,5-6,9,12-13H2,1-2H3,(H,26,30)(H2,25,27,28)/t14-,21-/m1/s1. The SMILES string of the molecule is COc1cc2nc(N3CCC[C@@H](NC(=O)[C@H]4COc5ccccc5O4)C3)nc(N)c2cc1OC. The third kappa shape index (κ3) is 4.18. The predicted molar refractivity (Wildman–Crippen MR) is 127 cm³/mol. The quantitative estimate of drug-likeness (QED) is 0.584. The normalized spacial score (nSPS) is 19.5. The zero-order valence-corrected chi connectivity index (χ0v) is 19.1. The van der Waals surface area contributed by atoms with Crippen molar-refractivity contribution in [1.82, 2.24) is 15.3 Å². The predicted octanol–water partition coefficient (Wildman–Crippen LogP) is 2.15. The number of amides is 1. The summed E-state index contributed by atoms with van der Waals surface area (Å²) in [5.74, 6) is 3.04. The van der Waals surface area contributed by atoms with Crippen LogP contribution in [0.4, 0.5) is 11.8 Å². The number of nitrogens with two attached hydrogens (primary N) is 1. The first-order chi connectivity index (χ1) is 16.6. The number of nitrogens with zero attached hydrogens (tertiary/aromatic N) is 3. The summed E-state index contributed by atoms with van der Waals surface area (Å²) >= 11 is 0. The van der Waals surface area contributed by atoms with Gasteiger partial charge in [-0.1, -0.05) is 12.1 Å². The molecule has 0 bridgehead atoms. The van der Waals surface area contributed by atoms with Crippen LogP contribution in [0.25, 0.3) is 10.9 Å². The topological polar surface area (TPSA) is 121 Å². The highest BCUT2D eigenvalue weighted by molar-refractivity contribution is 5.91. The summed E-state index contributed by atoms with van der Waals surface area (Å²) in [5.41, 5.74) is 6.92. The van der Waals surface area contributed by atoms with Gasteiger partial charge in [-0.15, -0.1) is 0 Å². The van der Waals surface area contributed by atoms with Crippen molar-refractivity contribution in [3.05, 3.63) is 36.4 Å². The van der Waals surface area contributed by atoms with E-state index in [0.29, 0.717) is 52.2 Å². The number of piperidine rings is 1. The van der Waals surface area contributed by atoms with Gasteiger partial charge in [0.05, 0.1) is 19.7 Å². The molecule has 0 aliphatic carbocycles. The van der Waals surface area contributed by atoms with Gasteiger partial charge < -0.3 is 34.9 Å². The number of nitrogen functional groups attached to an aromatic ring is 1. The minimum absolute atomic E-state index is 0.0760. The monoisotopic (exact) mass is 465 g/mol. The van der Waals surface area contributed by atoms with Crippen molar-refractivity contribution in [2.24, 2.45) is 0 Å². The van der Waals surface area contributed by atoms with Gasteiger partial charge in [-0.3, -0.25) is 4.79 Å². The summed E-state index contributed by atoms with van der Waals surface area (Å²) < 4.78 is 22.3. The number of carbonyl (C=O) groups is 1. The Hall–Kier alpha value is -3.95. The number of hydrogen-bond acceptors (Lipinski definition) is 9. The number of aromatic nitrogens is 2. The smallest absolute Gasteiger partial charge is 0.264 e. The van der Waals surface area contributed by atoms with E-state index in [-0.39, 0.29) is 18.6 Å². The molecule has 1 saturated heterocycles. The lowest BCUT2D eigenvalue weighted by molar-refractivity contribution is -0.131. The summed E-state index contributed by atoms with van der Waals surface area (Å²) in [6.45, 7) is 1.50. The van der Waals surface area contributed by atoms with E-state index in [1.165, 1.54) is 0 Å². The Kier molecular flexibility index (Phi) is 5.87. The highest BCUT2D eigenvalue weighted by Gasteiger charge is 2.31. The van der Waals surface area contributed by atoms with Crippen LogP contribution in [0, 0.1) is 0 Å². The van der Waals surface area contributed by atoms with Crippen LogP contribution in [-0.2, 0) is 4.79 Å². The van der Waals surface area contributed by atoms with E-state index in [1.54, 1.807) is 32.4 Å². The summed E-state index contributed by atoms with van der Waals surface area (Å²) in [6, 6.07) is 10.8. The first kappa shape index (κ1) is 21.9. The zero-order chi connectivity index (χ0) is 23.7. The molecule has 0 spiro atoms. The zero-order valence-electron chi connectivity index (χ0n) is 19.1. The van der Waals surface area contributed by atoms with Gasteiger partial charge in [-0.25, -0.2) is 4.98 Å². The molecule has 2 aliphatic rings. The number of para-hydroxylation sites is 2. The Bertz CT molecular complexity index is 1220. The lowest BCUT2D eigenvalue weighted by Gasteiger charge is -2.34. The van der Waals surface area contributed by atoms with Crippen LogP contribution < -0.4 is 34.9 Å². The highest BCUT2D eigenvalue weighted by atomic mass is 16.6. The maximum atomic E-state index is 12.9. The first-order valence-corrected chi connectivity index (χ1v) is 11.2. The molecule has 0 saturated carbocycles. The molecule has 2 aliphatic heterocycles. The average Bonchev–Trinajstić information content (AvgIpc) is 2.87. The Morgan fingerprint density at radius 3 is 2.71 bits per heavy atom. The molecule has 1 fully saturated rings. The van der Waals surface area contributed by atoms with E-state index in [2.05, 4.69) is 10.3 Å². The van der Waals surface area contributed by atoms with Crippen molar-refractivity contribution in [2.75, 3.05) is 44.5 Å². The van der Waals surface area contributed by atoms with Gasteiger partial charge in [0.25, 0.3) is 5.91 Å². The van der Waals surface area contributed by atoms with Crippen LogP contribution in [-0.4, -0.2) is 61.9 Å². The molecular formula is C24H27N5O5. The van der Waals surface area contributed by atoms with Crippen LogP contribution in [0.15, 0.2) is 36.4 Å². The number of nitrogens with one attached hydrogen (secondary N) is 1. The van der Waals surface area contributed by atoms with Crippen molar-refractivity contribution >= 4 is 28.6 Å². The molecule has 3 N–H and O–H groups in total. The lowest BCUT2D eigenvalue weighted by Crippen LogP contribution is -2.53. The number of fused-ring (bicyclic) bond motifs is 2. The molecule has 34 heavy (non-hydrogen) atoms. The molecule has 0 radical (unpaired) electrons. The Labute approximate surface area is 197 Å². The third-order valence-corrected chi connectivity index (χ3v) is 6.07. The van der Waals surface area contributed by atoms with Gasteiger partial charge in [0.2, 0.25) is 12.1 Å². The second kappa shape index (κ2) is 9.12. The molecule has 0 unspecified atom stereocenters. The maximum Gasteiger partial charge on any atom is 0.264 e. The molecule has 2 atom stereocenters. The average molecular weight is 466 g/mol. The van der Waals surface area contributed by atoms with Gasteiger partial charge in [0.1, 0.15) is 12.4 Å². The van der Waals surface area contributed by atoms with Gasteiger partial charge in [0.15, 0.2) is 23.0 Å². The fourth-order valence-corrected chi connectivity index (χ4v) is 4.33. The second-order valence-corrected chi connectivity index (χ2v) is 8.29. The maximum absolute atomic E-state index is 12.9. The molecule has 1 aromatic heterocycles. The number of ether oxygens (including phenoxy) is 4. The molecule has 1 amide bonds. The molecule has 10 nitrogen and oxygen atoms in total. The van der Waals surface area contributed by atoms with Gasteiger partial charge >= 0.3 is 0 Å². The minimum atomic E-state index is -0.694. The van der Waals surface area contributed by atoms with Gasteiger partial charge in [0, 0.05) is 30.6 Å². The number of carbonyl (C=O) groups excluding carboxylic acids is 1. The number of benzene rings is 2. The first-order valence-electron chi connectivity index (χ1n) is 11.2. The second-order valence-electron chi connectivity index (χ2n) is 8.29. The fraction of sp³-hybridized carbons (Fsp3) is 0.375. The summed E-state index contributed by atoms with van der Waals surface area (Å²) in [5, 5.41) is 3.79. The van der Waals surface area contributed by atoms with E-state index >= 15 is 0 Å². The van der Waals surface area contributed by atoms with E-state index in [1.807, 2.05) is 23.1 Å². The lowest BCUT2D eigenvalue weighted by atomic mass is 10.1. The molecular weight excluding hydrogens is 438 g/mol. The molecule has 2 aromatic carbocycles. The van der Waals surface area contributed by atoms with E-state index in [0.717, 1.165) is 19.4 Å². The number of methoxy groups -OCH3 is 2. The Morgan fingerprint density at radius 1 is 1.15 bits per heavy atom. The van der Waals surface area contributed by atoms with E-state index in [4.69, 9.17) is 29.7 Å². The largest absolute Gasteiger partial charge is 0.493 e. The summed E-state index contributed by atoms with van der Waals surface area (Å²) in [4.78, 5) is 24.1. The van der Waals surface area contributed by atoms with Crippen LogP contribution in [0.2, 0.25) is 0 Å².